The summed E-state index contributed by atoms with van der Waals surface area (Å²) in [6.07, 6.45) is 5.88. The van der Waals surface area contributed by atoms with Crippen LogP contribution < -0.4 is 9.47 Å². The molecule has 0 unspecified atom stereocenters. The normalized spacial score (nSPS) is 18.4. The number of rotatable bonds is 10. The fourth-order valence-electron chi connectivity index (χ4n) is 6.17. The minimum absolute atomic E-state index is 0.351. The molecule has 214 valence electrons. The summed E-state index contributed by atoms with van der Waals surface area (Å²) >= 11 is 6.89. The Kier molecular flexibility index (Phi) is 8.31. The van der Waals surface area contributed by atoms with Gasteiger partial charge >= 0.3 is 0 Å². The fraction of sp³-hybridized carbons (Fsp3) is 0.382. The number of nitrogens with one attached hydrogen (secondary N) is 1. The topological polar surface area (TPSA) is 50.4 Å². The van der Waals surface area contributed by atoms with Gasteiger partial charge in [0.05, 0.1) is 23.0 Å². The van der Waals surface area contributed by atoms with E-state index < -0.39 is 5.95 Å². The van der Waals surface area contributed by atoms with E-state index in [-0.39, 0.29) is 0 Å². The van der Waals surface area contributed by atoms with Crippen molar-refractivity contribution in [1.29, 1.82) is 0 Å². The summed E-state index contributed by atoms with van der Waals surface area (Å²) in [5.74, 6) is 2.24. The lowest BCUT2D eigenvalue weighted by atomic mass is 9.73. The number of hydrogen-bond donors (Lipinski definition) is 1. The number of hydrogen-bond acceptors (Lipinski definition) is 4. The van der Waals surface area contributed by atoms with Crippen molar-refractivity contribution in [2.24, 2.45) is 11.8 Å². The monoisotopic (exact) mass is 573 g/mol. The Bertz CT molecular complexity index is 1540. The van der Waals surface area contributed by atoms with Gasteiger partial charge in [0.1, 0.15) is 18.1 Å². The lowest BCUT2D eigenvalue weighted by molar-refractivity contribution is 0.232. The van der Waals surface area contributed by atoms with Crippen LogP contribution in [-0.4, -0.2) is 48.4 Å². The molecule has 0 spiro atoms. The van der Waals surface area contributed by atoms with Gasteiger partial charge in [0, 0.05) is 13.1 Å². The molecule has 1 saturated carbocycles. The largest absolute Gasteiger partial charge is 0.497 e. The summed E-state index contributed by atoms with van der Waals surface area (Å²) in [5, 5.41) is 7.68. The molecule has 5 nitrogen and oxygen atoms in total. The Balaban J connectivity index is 1.37. The van der Waals surface area contributed by atoms with E-state index in [9.17, 15) is 4.39 Å². The van der Waals surface area contributed by atoms with E-state index in [2.05, 4.69) is 34.2 Å². The zero-order chi connectivity index (χ0) is 28.3. The molecule has 3 aromatic carbocycles. The van der Waals surface area contributed by atoms with Crippen LogP contribution in [0.5, 0.6) is 11.5 Å². The van der Waals surface area contributed by atoms with Crippen molar-refractivity contribution in [3.8, 4) is 11.5 Å². The van der Waals surface area contributed by atoms with Crippen molar-refractivity contribution in [1.82, 2.24) is 15.1 Å². The zero-order valence-electron chi connectivity index (χ0n) is 23.8. The third kappa shape index (κ3) is 5.86. The molecule has 2 aliphatic rings. The highest BCUT2D eigenvalue weighted by atomic mass is 35.5. The second-order valence-corrected chi connectivity index (χ2v) is 11.7. The van der Waals surface area contributed by atoms with Crippen molar-refractivity contribution in [3.63, 3.8) is 0 Å². The average molecular weight is 574 g/mol. The number of likely N-dealkylation sites (tertiary alicyclic amines) is 1. The van der Waals surface area contributed by atoms with E-state index in [1.54, 1.807) is 7.11 Å². The van der Waals surface area contributed by atoms with Crippen molar-refractivity contribution in [2.45, 2.75) is 39.0 Å². The number of benzene rings is 3. The molecule has 2 heterocycles. The Morgan fingerprint density at radius 2 is 1.80 bits per heavy atom. The quantitative estimate of drug-likeness (QED) is 0.194. The molecule has 0 radical (unpaired) electrons. The minimum Gasteiger partial charge on any atom is -0.497 e. The SMILES string of the molecule is CC[C@@H]1CCN(CCOc2ccc(/C(=C(\c3ccc(OC)cc3Cl)C3CCC3)c3ccc4[nH]nc(F)c4c3)cc2)C1. The molecule has 7 heteroatoms. The second kappa shape index (κ2) is 12.3. The van der Waals surface area contributed by atoms with Gasteiger partial charge in [0.15, 0.2) is 0 Å². The summed E-state index contributed by atoms with van der Waals surface area (Å²) in [4.78, 5) is 2.50. The maximum absolute atomic E-state index is 14.6. The van der Waals surface area contributed by atoms with E-state index in [4.69, 9.17) is 21.1 Å². The lowest BCUT2D eigenvalue weighted by Crippen LogP contribution is -2.26. The van der Waals surface area contributed by atoms with Crippen molar-refractivity contribution < 1.29 is 13.9 Å². The molecule has 2 fully saturated rings. The maximum atomic E-state index is 14.6. The van der Waals surface area contributed by atoms with Gasteiger partial charge in [0.25, 0.3) is 0 Å². The van der Waals surface area contributed by atoms with Crippen molar-refractivity contribution >= 4 is 33.7 Å². The van der Waals surface area contributed by atoms with Crippen LogP contribution in [-0.2, 0) is 0 Å². The molecular formula is C34H37ClFN3O2. The first-order chi connectivity index (χ1) is 20.0. The smallest absolute Gasteiger partial charge is 0.240 e. The van der Waals surface area contributed by atoms with Crippen LogP contribution in [0.1, 0.15) is 55.7 Å². The van der Waals surface area contributed by atoms with Gasteiger partial charge in [-0.2, -0.15) is 4.39 Å². The van der Waals surface area contributed by atoms with Crippen molar-refractivity contribution in [2.75, 3.05) is 33.4 Å². The Labute approximate surface area is 246 Å². The molecule has 6 rings (SSSR count). The molecule has 1 saturated heterocycles. The van der Waals surface area contributed by atoms with Gasteiger partial charge in [-0.3, -0.25) is 10.00 Å². The number of allylic oxidation sites excluding steroid dienone is 1. The third-order valence-corrected chi connectivity index (χ3v) is 9.13. The van der Waals surface area contributed by atoms with Gasteiger partial charge in [-0.1, -0.05) is 49.6 Å². The molecule has 41 heavy (non-hydrogen) atoms. The number of aromatic amines is 1. The van der Waals surface area contributed by atoms with Gasteiger partial charge in [-0.05, 0) is 108 Å². The van der Waals surface area contributed by atoms with E-state index in [1.807, 2.05) is 48.5 Å². The number of methoxy groups -OCH3 is 1. The van der Waals surface area contributed by atoms with Crippen LogP contribution in [0, 0.1) is 17.8 Å². The van der Waals surface area contributed by atoms with Crippen LogP contribution in [0.25, 0.3) is 22.0 Å². The second-order valence-electron chi connectivity index (χ2n) is 11.3. The number of aromatic nitrogens is 2. The van der Waals surface area contributed by atoms with Crippen LogP contribution in [0.3, 0.4) is 0 Å². The molecular weight excluding hydrogens is 537 g/mol. The highest BCUT2D eigenvalue weighted by Gasteiger charge is 2.29. The predicted molar refractivity (Wildman–Crippen MR) is 164 cm³/mol. The minimum atomic E-state index is -0.499. The van der Waals surface area contributed by atoms with Crippen LogP contribution in [0.15, 0.2) is 60.7 Å². The lowest BCUT2D eigenvalue weighted by Gasteiger charge is -2.32. The van der Waals surface area contributed by atoms with Crippen molar-refractivity contribution in [3.05, 3.63) is 88.3 Å². The third-order valence-electron chi connectivity index (χ3n) is 8.82. The van der Waals surface area contributed by atoms with E-state index in [1.165, 1.54) is 31.4 Å². The number of halogens is 2. The first-order valence-electron chi connectivity index (χ1n) is 14.7. The first-order valence-corrected chi connectivity index (χ1v) is 15.1. The fourth-order valence-corrected chi connectivity index (χ4v) is 6.44. The molecule has 4 aromatic rings. The number of fused-ring (bicyclic) bond motifs is 1. The van der Waals surface area contributed by atoms with Gasteiger partial charge in [-0.15, -0.1) is 5.10 Å². The molecule has 1 aliphatic heterocycles. The molecule has 1 aromatic heterocycles. The van der Waals surface area contributed by atoms with Crippen LogP contribution >= 0.6 is 11.6 Å². The first kappa shape index (κ1) is 27.8. The number of nitrogens with zero attached hydrogens (tertiary/aromatic N) is 2. The molecule has 1 N–H and O–H groups in total. The molecule has 1 atom stereocenters. The zero-order valence-corrected chi connectivity index (χ0v) is 24.5. The van der Waals surface area contributed by atoms with Gasteiger partial charge in [-0.25, -0.2) is 0 Å². The Hall–Kier alpha value is -3.35. The summed E-state index contributed by atoms with van der Waals surface area (Å²) in [6, 6.07) is 20.0. The number of H-pyrrole nitrogens is 1. The Morgan fingerprint density at radius 3 is 2.49 bits per heavy atom. The highest BCUT2D eigenvalue weighted by molar-refractivity contribution is 6.33. The highest BCUT2D eigenvalue weighted by Crippen LogP contribution is 2.47. The summed E-state index contributed by atoms with van der Waals surface area (Å²) in [5.41, 5.74) is 5.86. The van der Waals surface area contributed by atoms with E-state index in [0.717, 1.165) is 65.6 Å². The van der Waals surface area contributed by atoms with Crippen LogP contribution in [0.4, 0.5) is 4.39 Å². The molecule has 0 amide bonds. The number of ether oxygens (including phenoxy) is 2. The standard InChI is InChI=1S/C34H37ClFN3O2/c1-3-22-15-16-39(21-22)17-18-41-26-10-7-24(8-11-26)32(25-9-14-31-29(19-25)34(36)38-37-31)33(23-5-4-6-23)28-13-12-27(40-2)20-30(28)35/h7-14,19-20,22-23H,3-6,15-18,21H2,1-2H3,(H,37,38)/b33-32+/t22-/m1/s1. The summed E-state index contributed by atoms with van der Waals surface area (Å²) < 4.78 is 26.2. The van der Waals surface area contributed by atoms with Gasteiger partial charge in [0.2, 0.25) is 5.95 Å². The van der Waals surface area contributed by atoms with E-state index in [0.29, 0.717) is 28.5 Å². The summed E-state index contributed by atoms with van der Waals surface area (Å²) in [7, 11) is 1.64. The average Bonchev–Trinajstić information content (AvgIpc) is 3.58. The predicted octanol–water partition coefficient (Wildman–Crippen LogP) is 8.23. The maximum Gasteiger partial charge on any atom is 0.240 e. The molecule has 1 aliphatic carbocycles. The molecule has 0 bridgehead atoms. The van der Waals surface area contributed by atoms with E-state index >= 15 is 0 Å². The summed E-state index contributed by atoms with van der Waals surface area (Å²) in [6.45, 7) is 6.23. The Morgan fingerprint density at radius 1 is 1.02 bits per heavy atom. The van der Waals surface area contributed by atoms with Gasteiger partial charge < -0.3 is 9.47 Å². The van der Waals surface area contributed by atoms with Crippen LogP contribution in [0.2, 0.25) is 5.02 Å².